The molecule has 0 fully saturated rings. The second-order valence-corrected chi connectivity index (χ2v) is 6.75. The van der Waals surface area contributed by atoms with Crippen molar-refractivity contribution < 1.29 is 26.7 Å². The van der Waals surface area contributed by atoms with Gasteiger partial charge in [0.1, 0.15) is 5.56 Å². The molecule has 1 heterocycles. The third-order valence-corrected chi connectivity index (χ3v) is 4.43. The minimum atomic E-state index is -4.73. The van der Waals surface area contributed by atoms with E-state index in [1.165, 1.54) is 6.07 Å². The fourth-order valence-electron chi connectivity index (χ4n) is 2.84. The maximum absolute atomic E-state index is 13.4. The number of amides is 1. The van der Waals surface area contributed by atoms with Crippen LogP contribution in [0.15, 0.2) is 41.3 Å². The van der Waals surface area contributed by atoms with Gasteiger partial charge in [-0.15, -0.1) is 0 Å². The number of carbonyl (C=O) groups excluding carboxylic acids is 1. The highest BCUT2D eigenvalue weighted by Crippen LogP contribution is 2.36. The van der Waals surface area contributed by atoms with E-state index in [4.69, 9.17) is 0 Å². The Labute approximate surface area is 161 Å². The number of nitrogens with one attached hydrogen (secondary N) is 2. The summed E-state index contributed by atoms with van der Waals surface area (Å²) in [6.07, 6.45) is -3.79. The molecular weight excluding hydrogens is 395 g/mol. The Kier molecular flexibility index (Phi) is 5.16. The number of aromatic amines is 1. The molecule has 0 unspecified atom stereocenters. The van der Waals surface area contributed by atoms with Crippen LogP contribution in [0.3, 0.4) is 0 Å². The minimum Gasteiger partial charge on any atom is -0.360 e. The third kappa shape index (κ3) is 3.98. The molecule has 1 amide bonds. The van der Waals surface area contributed by atoms with Crippen molar-refractivity contribution in [1.82, 2.24) is 4.98 Å². The summed E-state index contributed by atoms with van der Waals surface area (Å²) in [5.41, 5.74) is -2.68. The monoisotopic (exact) mass is 410 g/mol. The molecule has 0 atom stereocenters. The first-order chi connectivity index (χ1) is 13.5. The highest BCUT2D eigenvalue weighted by Gasteiger charge is 2.34. The molecule has 0 aliphatic rings. The summed E-state index contributed by atoms with van der Waals surface area (Å²) in [4.78, 5) is 27.4. The number of alkyl halides is 3. The second kappa shape index (κ2) is 7.31. The zero-order valence-corrected chi connectivity index (χ0v) is 15.2. The zero-order chi connectivity index (χ0) is 21.5. The van der Waals surface area contributed by atoms with E-state index in [2.05, 4.69) is 10.3 Å². The molecule has 3 rings (SSSR count). The summed E-state index contributed by atoms with van der Waals surface area (Å²) in [5, 5.41) is 1.78. The van der Waals surface area contributed by atoms with Crippen molar-refractivity contribution in [3.8, 4) is 0 Å². The minimum absolute atomic E-state index is 0.0530. The molecule has 29 heavy (non-hydrogen) atoms. The van der Waals surface area contributed by atoms with Crippen molar-refractivity contribution in [2.75, 3.05) is 5.32 Å². The number of hydrogen-bond acceptors (Lipinski definition) is 2. The molecule has 1 aromatic heterocycles. The molecular formula is C20H15F5N2O2. The average Bonchev–Trinajstić information content (AvgIpc) is 2.62. The summed E-state index contributed by atoms with van der Waals surface area (Å²) in [6, 6.07) is 4.86. The SMILES string of the molecule is CC(C)c1ccc(NC(=O)c2c[nH]c3cc(F)c(F)cc3c2=O)c(C(F)(F)F)c1. The van der Waals surface area contributed by atoms with Crippen LogP contribution in [-0.2, 0) is 6.18 Å². The predicted molar refractivity (Wildman–Crippen MR) is 98.0 cm³/mol. The lowest BCUT2D eigenvalue weighted by atomic mass is 9.99. The number of H-pyrrole nitrogens is 1. The van der Waals surface area contributed by atoms with Gasteiger partial charge in [0, 0.05) is 17.6 Å². The van der Waals surface area contributed by atoms with E-state index < -0.39 is 46.0 Å². The van der Waals surface area contributed by atoms with Crippen LogP contribution in [0.1, 0.15) is 41.3 Å². The topological polar surface area (TPSA) is 62.0 Å². The molecule has 4 nitrogen and oxygen atoms in total. The van der Waals surface area contributed by atoms with Crippen molar-refractivity contribution in [3.05, 3.63) is 75.1 Å². The van der Waals surface area contributed by atoms with Gasteiger partial charge in [0.05, 0.1) is 16.8 Å². The molecule has 3 aromatic rings. The molecule has 0 aliphatic carbocycles. The quantitative estimate of drug-likeness (QED) is 0.583. The Hall–Kier alpha value is -3.23. The number of rotatable bonds is 3. The van der Waals surface area contributed by atoms with Crippen LogP contribution in [-0.4, -0.2) is 10.9 Å². The van der Waals surface area contributed by atoms with Gasteiger partial charge in [0.15, 0.2) is 11.6 Å². The van der Waals surface area contributed by atoms with Crippen LogP contribution in [0.5, 0.6) is 0 Å². The summed E-state index contributed by atoms with van der Waals surface area (Å²) in [6.45, 7) is 3.45. The second-order valence-electron chi connectivity index (χ2n) is 6.75. The normalized spacial score (nSPS) is 11.9. The van der Waals surface area contributed by atoms with Gasteiger partial charge < -0.3 is 10.3 Å². The predicted octanol–water partition coefficient (Wildman–Crippen LogP) is 5.20. The third-order valence-electron chi connectivity index (χ3n) is 4.43. The molecule has 0 radical (unpaired) electrons. The molecule has 0 aliphatic heterocycles. The molecule has 9 heteroatoms. The highest BCUT2D eigenvalue weighted by atomic mass is 19.4. The largest absolute Gasteiger partial charge is 0.418 e. The lowest BCUT2D eigenvalue weighted by Crippen LogP contribution is -2.23. The number of halogens is 5. The van der Waals surface area contributed by atoms with Crippen LogP contribution in [0.2, 0.25) is 0 Å². The number of hydrogen-bond donors (Lipinski definition) is 2. The number of benzene rings is 2. The molecule has 0 saturated carbocycles. The van der Waals surface area contributed by atoms with Crippen molar-refractivity contribution in [2.24, 2.45) is 0 Å². The zero-order valence-electron chi connectivity index (χ0n) is 15.2. The van der Waals surface area contributed by atoms with E-state index in [-0.39, 0.29) is 16.8 Å². The number of anilines is 1. The van der Waals surface area contributed by atoms with E-state index in [1.807, 2.05) is 0 Å². The van der Waals surface area contributed by atoms with E-state index in [0.717, 1.165) is 24.4 Å². The first kappa shape index (κ1) is 20.5. The molecule has 2 aromatic carbocycles. The van der Waals surface area contributed by atoms with E-state index >= 15 is 0 Å². The standard InChI is InChI=1S/C20H15F5N2O2/c1-9(2)10-3-4-16(13(5-10)20(23,24)25)27-19(29)12-8-26-17-7-15(22)14(21)6-11(17)18(12)28/h3-9H,1-2H3,(H,26,28)(H,27,29). The van der Waals surface area contributed by atoms with Crippen LogP contribution < -0.4 is 10.7 Å². The van der Waals surface area contributed by atoms with Gasteiger partial charge >= 0.3 is 6.18 Å². The molecule has 152 valence electrons. The van der Waals surface area contributed by atoms with Crippen molar-refractivity contribution in [1.29, 1.82) is 0 Å². The molecule has 0 saturated heterocycles. The molecule has 2 N–H and O–H groups in total. The summed E-state index contributed by atoms with van der Waals surface area (Å²) in [7, 11) is 0. The fraction of sp³-hybridized carbons (Fsp3) is 0.200. The maximum Gasteiger partial charge on any atom is 0.418 e. The van der Waals surface area contributed by atoms with Crippen molar-refractivity contribution in [3.63, 3.8) is 0 Å². The van der Waals surface area contributed by atoms with E-state index in [9.17, 15) is 31.5 Å². The first-order valence-electron chi connectivity index (χ1n) is 8.52. The van der Waals surface area contributed by atoms with E-state index in [0.29, 0.717) is 11.6 Å². The van der Waals surface area contributed by atoms with Crippen molar-refractivity contribution in [2.45, 2.75) is 25.9 Å². The highest BCUT2D eigenvalue weighted by molar-refractivity contribution is 6.06. The van der Waals surface area contributed by atoms with Crippen LogP contribution >= 0.6 is 0 Å². The molecule has 0 spiro atoms. The van der Waals surface area contributed by atoms with Gasteiger partial charge in [0.25, 0.3) is 5.91 Å². The fourth-order valence-corrected chi connectivity index (χ4v) is 2.84. The van der Waals surface area contributed by atoms with E-state index in [1.54, 1.807) is 13.8 Å². The summed E-state index contributed by atoms with van der Waals surface area (Å²) >= 11 is 0. The number of carbonyl (C=O) groups is 1. The smallest absolute Gasteiger partial charge is 0.360 e. The number of aromatic nitrogens is 1. The van der Waals surface area contributed by atoms with Crippen LogP contribution in [0, 0.1) is 11.6 Å². The Morgan fingerprint density at radius 3 is 2.34 bits per heavy atom. The van der Waals surface area contributed by atoms with Gasteiger partial charge in [0.2, 0.25) is 5.43 Å². The van der Waals surface area contributed by atoms with Gasteiger partial charge in [-0.25, -0.2) is 8.78 Å². The molecule has 0 bridgehead atoms. The lowest BCUT2D eigenvalue weighted by Gasteiger charge is -2.16. The Bertz CT molecular complexity index is 1170. The van der Waals surface area contributed by atoms with Gasteiger partial charge in [-0.1, -0.05) is 19.9 Å². The maximum atomic E-state index is 13.4. The Balaban J connectivity index is 2.04. The number of pyridine rings is 1. The Morgan fingerprint density at radius 2 is 1.72 bits per heavy atom. The van der Waals surface area contributed by atoms with Gasteiger partial charge in [-0.2, -0.15) is 13.2 Å². The van der Waals surface area contributed by atoms with Gasteiger partial charge in [-0.3, -0.25) is 9.59 Å². The summed E-state index contributed by atoms with van der Waals surface area (Å²) in [5.74, 6) is -3.75. The van der Waals surface area contributed by atoms with Crippen LogP contribution in [0.25, 0.3) is 10.9 Å². The average molecular weight is 410 g/mol. The summed E-state index contributed by atoms with van der Waals surface area (Å²) < 4.78 is 67.0. The Morgan fingerprint density at radius 1 is 1.07 bits per heavy atom. The first-order valence-corrected chi connectivity index (χ1v) is 8.52. The number of fused-ring (bicyclic) bond motifs is 1. The van der Waals surface area contributed by atoms with Crippen molar-refractivity contribution >= 4 is 22.5 Å². The van der Waals surface area contributed by atoms with Crippen LogP contribution in [0.4, 0.5) is 27.6 Å². The lowest BCUT2D eigenvalue weighted by molar-refractivity contribution is -0.137. The van der Waals surface area contributed by atoms with Gasteiger partial charge in [-0.05, 0) is 29.7 Å².